The second kappa shape index (κ2) is 7.29. The first-order valence-corrected chi connectivity index (χ1v) is 8.28. The van der Waals surface area contributed by atoms with Crippen LogP contribution in [-0.2, 0) is 16.1 Å². The molecule has 0 spiro atoms. The van der Waals surface area contributed by atoms with E-state index in [2.05, 4.69) is 10.4 Å². The molecule has 2 heterocycles. The van der Waals surface area contributed by atoms with E-state index >= 15 is 0 Å². The van der Waals surface area contributed by atoms with Crippen LogP contribution in [0.1, 0.15) is 30.5 Å². The molecule has 1 aromatic carbocycles. The monoisotopic (exact) mass is 326 g/mol. The molecule has 0 atom stereocenters. The third-order valence-electron chi connectivity index (χ3n) is 4.10. The number of carbonyl (C=O) groups excluding carboxylic acids is 2. The van der Waals surface area contributed by atoms with Gasteiger partial charge in [-0.3, -0.25) is 9.59 Å². The lowest BCUT2D eigenvalue weighted by molar-refractivity contribution is -0.136. The number of aromatic nitrogens is 2. The van der Waals surface area contributed by atoms with Gasteiger partial charge in [-0.15, -0.1) is 0 Å². The molecule has 24 heavy (non-hydrogen) atoms. The van der Waals surface area contributed by atoms with Gasteiger partial charge in [-0.1, -0.05) is 30.3 Å². The van der Waals surface area contributed by atoms with E-state index in [0.717, 1.165) is 24.1 Å². The fraction of sp³-hybridized carbons (Fsp3) is 0.389. The van der Waals surface area contributed by atoms with Crippen molar-refractivity contribution in [2.24, 2.45) is 0 Å². The summed E-state index contributed by atoms with van der Waals surface area (Å²) in [6, 6.07) is 11.8. The van der Waals surface area contributed by atoms with E-state index in [-0.39, 0.29) is 18.4 Å². The van der Waals surface area contributed by atoms with Crippen molar-refractivity contribution in [2.75, 3.05) is 18.4 Å². The fourth-order valence-electron chi connectivity index (χ4n) is 2.91. The Morgan fingerprint density at radius 1 is 1.25 bits per heavy atom. The van der Waals surface area contributed by atoms with E-state index < -0.39 is 0 Å². The van der Waals surface area contributed by atoms with Crippen LogP contribution in [0.25, 0.3) is 0 Å². The van der Waals surface area contributed by atoms with Crippen LogP contribution in [0, 0.1) is 6.92 Å². The van der Waals surface area contributed by atoms with Crippen molar-refractivity contribution < 1.29 is 9.59 Å². The van der Waals surface area contributed by atoms with E-state index in [1.807, 2.05) is 43.3 Å². The molecule has 0 bridgehead atoms. The summed E-state index contributed by atoms with van der Waals surface area (Å²) in [6.07, 6.45) is 2.42. The molecular formula is C18H22N4O2. The van der Waals surface area contributed by atoms with E-state index in [0.29, 0.717) is 25.3 Å². The number of rotatable bonds is 5. The number of likely N-dealkylation sites (tertiary alicyclic amines) is 1. The molecule has 0 unspecified atom stereocenters. The summed E-state index contributed by atoms with van der Waals surface area (Å²) in [5.74, 6) is 0.538. The zero-order valence-corrected chi connectivity index (χ0v) is 13.9. The van der Waals surface area contributed by atoms with Gasteiger partial charge in [0.25, 0.3) is 0 Å². The van der Waals surface area contributed by atoms with Gasteiger partial charge in [0.05, 0.1) is 18.8 Å². The molecule has 1 N–H and O–H groups in total. The Bertz CT molecular complexity index is 724. The van der Waals surface area contributed by atoms with Gasteiger partial charge >= 0.3 is 0 Å². The van der Waals surface area contributed by atoms with Crippen LogP contribution in [0.4, 0.5) is 5.82 Å². The minimum atomic E-state index is -0.181. The SMILES string of the molecule is Cc1cc(NC(=O)CN2CCCCC2=O)n(Cc2ccccc2)n1. The number of piperidine rings is 1. The second-order valence-electron chi connectivity index (χ2n) is 6.13. The van der Waals surface area contributed by atoms with Gasteiger partial charge in [-0.2, -0.15) is 5.10 Å². The molecule has 1 saturated heterocycles. The number of hydrogen-bond donors (Lipinski definition) is 1. The Labute approximate surface area is 141 Å². The highest BCUT2D eigenvalue weighted by atomic mass is 16.2. The molecule has 1 aliphatic heterocycles. The zero-order chi connectivity index (χ0) is 16.9. The maximum atomic E-state index is 12.3. The Balaban J connectivity index is 1.66. The van der Waals surface area contributed by atoms with Crippen molar-refractivity contribution in [3.8, 4) is 0 Å². The molecule has 3 rings (SSSR count). The van der Waals surface area contributed by atoms with Crippen molar-refractivity contribution in [1.82, 2.24) is 14.7 Å². The summed E-state index contributed by atoms with van der Waals surface area (Å²) < 4.78 is 1.78. The summed E-state index contributed by atoms with van der Waals surface area (Å²) in [4.78, 5) is 25.7. The third-order valence-corrected chi connectivity index (χ3v) is 4.10. The molecule has 6 nitrogen and oxygen atoms in total. The molecule has 0 saturated carbocycles. The number of nitrogens with one attached hydrogen (secondary N) is 1. The zero-order valence-electron chi connectivity index (χ0n) is 13.9. The van der Waals surface area contributed by atoms with Crippen LogP contribution in [0.5, 0.6) is 0 Å². The van der Waals surface area contributed by atoms with Crippen molar-refractivity contribution in [2.45, 2.75) is 32.7 Å². The van der Waals surface area contributed by atoms with Crippen molar-refractivity contribution in [3.05, 3.63) is 47.7 Å². The van der Waals surface area contributed by atoms with Gasteiger partial charge in [-0.25, -0.2) is 4.68 Å². The first-order chi connectivity index (χ1) is 11.6. The predicted octanol–water partition coefficient (Wildman–Crippen LogP) is 2.19. The quantitative estimate of drug-likeness (QED) is 0.916. The van der Waals surface area contributed by atoms with Crippen molar-refractivity contribution in [1.29, 1.82) is 0 Å². The van der Waals surface area contributed by atoms with E-state index in [1.54, 1.807) is 9.58 Å². The number of hydrogen-bond acceptors (Lipinski definition) is 3. The summed E-state index contributed by atoms with van der Waals surface area (Å²) in [6.45, 7) is 3.25. The van der Waals surface area contributed by atoms with Gasteiger partial charge in [0.2, 0.25) is 11.8 Å². The van der Waals surface area contributed by atoms with E-state index in [1.165, 1.54) is 0 Å². The topological polar surface area (TPSA) is 67.2 Å². The van der Waals surface area contributed by atoms with Crippen LogP contribution in [0.2, 0.25) is 0 Å². The van der Waals surface area contributed by atoms with Gasteiger partial charge in [0.1, 0.15) is 5.82 Å². The lowest BCUT2D eigenvalue weighted by Gasteiger charge is -2.25. The number of anilines is 1. The van der Waals surface area contributed by atoms with Gasteiger partial charge in [0, 0.05) is 19.0 Å². The van der Waals surface area contributed by atoms with Gasteiger partial charge in [0.15, 0.2) is 0 Å². The lowest BCUT2D eigenvalue weighted by atomic mass is 10.1. The van der Waals surface area contributed by atoms with Gasteiger partial charge in [-0.05, 0) is 25.3 Å². The molecular weight excluding hydrogens is 304 g/mol. The molecule has 1 aliphatic rings. The average molecular weight is 326 g/mol. The standard InChI is InChI=1S/C18H22N4O2/c1-14-11-16(22(20-14)12-15-7-3-2-4-8-15)19-17(23)13-21-10-6-5-9-18(21)24/h2-4,7-8,11H,5-6,9-10,12-13H2,1H3,(H,19,23). The van der Waals surface area contributed by atoms with E-state index in [4.69, 9.17) is 0 Å². The minimum absolute atomic E-state index is 0.0605. The molecule has 0 radical (unpaired) electrons. The molecule has 2 aromatic rings. The molecule has 1 fully saturated rings. The average Bonchev–Trinajstić information content (AvgIpc) is 2.90. The van der Waals surface area contributed by atoms with Crippen LogP contribution in [-0.4, -0.2) is 39.6 Å². The molecule has 126 valence electrons. The Kier molecular flexibility index (Phi) is 4.93. The number of carbonyl (C=O) groups is 2. The van der Waals surface area contributed by atoms with Crippen LogP contribution in [0.15, 0.2) is 36.4 Å². The summed E-state index contributed by atoms with van der Waals surface area (Å²) in [5, 5.41) is 7.33. The van der Waals surface area contributed by atoms with Crippen LogP contribution >= 0.6 is 0 Å². The van der Waals surface area contributed by atoms with Crippen molar-refractivity contribution in [3.63, 3.8) is 0 Å². The molecule has 2 amide bonds. The Morgan fingerprint density at radius 2 is 2.04 bits per heavy atom. The Morgan fingerprint density at radius 3 is 2.79 bits per heavy atom. The summed E-state index contributed by atoms with van der Waals surface area (Å²) in [5.41, 5.74) is 1.96. The largest absolute Gasteiger partial charge is 0.333 e. The van der Waals surface area contributed by atoms with Crippen molar-refractivity contribution >= 4 is 17.6 Å². The first-order valence-electron chi connectivity index (χ1n) is 8.28. The van der Waals surface area contributed by atoms with Gasteiger partial charge < -0.3 is 10.2 Å². The third kappa shape index (κ3) is 4.01. The summed E-state index contributed by atoms with van der Waals surface area (Å²) >= 11 is 0. The highest BCUT2D eigenvalue weighted by molar-refractivity contribution is 5.94. The predicted molar refractivity (Wildman–Crippen MR) is 91.6 cm³/mol. The molecule has 0 aliphatic carbocycles. The minimum Gasteiger partial charge on any atom is -0.333 e. The highest BCUT2D eigenvalue weighted by Crippen LogP contribution is 2.14. The Hall–Kier alpha value is -2.63. The number of aryl methyl sites for hydroxylation is 1. The normalized spacial score (nSPS) is 14.7. The first kappa shape index (κ1) is 16.2. The molecule has 6 heteroatoms. The molecule has 1 aromatic heterocycles. The summed E-state index contributed by atoms with van der Waals surface area (Å²) in [7, 11) is 0. The second-order valence-corrected chi connectivity index (χ2v) is 6.13. The number of nitrogens with zero attached hydrogens (tertiary/aromatic N) is 3. The smallest absolute Gasteiger partial charge is 0.245 e. The van der Waals surface area contributed by atoms with E-state index in [9.17, 15) is 9.59 Å². The highest BCUT2D eigenvalue weighted by Gasteiger charge is 2.21. The van der Waals surface area contributed by atoms with Crippen LogP contribution < -0.4 is 5.32 Å². The number of amides is 2. The maximum absolute atomic E-state index is 12.3. The number of benzene rings is 1. The lowest BCUT2D eigenvalue weighted by Crippen LogP contribution is -2.41. The van der Waals surface area contributed by atoms with Crippen LogP contribution in [0.3, 0.4) is 0 Å². The fourth-order valence-corrected chi connectivity index (χ4v) is 2.91. The maximum Gasteiger partial charge on any atom is 0.245 e.